The van der Waals surface area contributed by atoms with Crippen LogP contribution in [-0.2, 0) is 6.42 Å². The zero-order valence-electron chi connectivity index (χ0n) is 12.5. The lowest BCUT2D eigenvalue weighted by molar-refractivity contribution is 0.475. The van der Waals surface area contributed by atoms with Crippen LogP contribution in [0.5, 0.6) is 5.75 Å². The van der Waals surface area contributed by atoms with Crippen molar-refractivity contribution in [1.82, 2.24) is 10.2 Å². The first-order valence-corrected chi connectivity index (χ1v) is 7.32. The predicted molar refractivity (Wildman–Crippen MR) is 92.0 cm³/mol. The first kappa shape index (κ1) is 14.8. The highest BCUT2D eigenvalue weighted by atomic mass is 16.3. The second-order valence-corrected chi connectivity index (χ2v) is 5.37. The van der Waals surface area contributed by atoms with Crippen molar-refractivity contribution in [2.75, 3.05) is 16.8 Å². The number of nitrogens with one attached hydrogen (secondary N) is 2. The number of H-pyrrole nitrogens is 1. The van der Waals surface area contributed by atoms with Crippen LogP contribution >= 0.6 is 0 Å². The molecule has 6 nitrogen and oxygen atoms in total. The number of nitrogen functional groups attached to an aromatic ring is 2. The molecule has 0 amide bonds. The van der Waals surface area contributed by atoms with Gasteiger partial charge in [0.15, 0.2) is 0 Å². The fourth-order valence-corrected chi connectivity index (χ4v) is 2.47. The van der Waals surface area contributed by atoms with Crippen molar-refractivity contribution in [2.24, 2.45) is 0 Å². The van der Waals surface area contributed by atoms with Gasteiger partial charge in [0, 0.05) is 5.69 Å². The van der Waals surface area contributed by atoms with Crippen LogP contribution in [0.1, 0.15) is 17.3 Å². The summed E-state index contributed by atoms with van der Waals surface area (Å²) in [6.45, 7) is 0. The van der Waals surface area contributed by atoms with E-state index in [4.69, 9.17) is 11.5 Å². The van der Waals surface area contributed by atoms with Gasteiger partial charge in [-0.15, -0.1) is 0 Å². The molecular formula is C17H19N5O. The maximum absolute atomic E-state index is 9.41. The number of aromatic nitrogens is 2. The van der Waals surface area contributed by atoms with Crippen LogP contribution in [0.2, 0.25) is 0 Å². The number of aromatic hydroxyl groups is 1. The van der Waals surface area contributed by atoms with Gasteiger partial charge in [0.1, 0.15) is 17.3 Å². The average Bonchev–Trinajstić information content (AvgIpc) is 2.89. The molecule has 23 heavy (non-hydrogen) atoms. The van der Waals surface area contributed by atoms with Gasteiger partial charge in [-0.2, -0.15) is 5.10 Å². The zero-order chi connectivity index (χ0) is 16.2. The molecule has 0 saturated carbocycles. The summed E-state index contributed by atoms with van der Waals surface area (Å²) in [5.41, 5.74) is 15.0. The maximum Gasteiger partial charge on any atom is 0.142 e. The molecular weight excluding hydrogens is 290 g/mol. The predicted octanol–water partition coefficient (Wildman–Crippen LogP) is 2.68. The highest BCUT2D eigenvalue weighted by Gasteiger charge is 2.20. The Morgan fingerprint density at radius 2 is 1.74 bits per heavy atom. The van der Waals surface area contributed by atoms with Crippen LogP contribution in [0.15, 0.2) is 54.6 Å². The minimum Gasteiger partial charge on any atom is -0.508 e. The Balaban J connectivity index is 1.89. The largest absolute Gasteiger partial charge is 0.508 e. The van der Waals surface area contributed by atoms with Gasteiger partial charge in [0.25, 0.3) is 0 Å². The van der Waals surface area contributed by atoms with Gasteiger partial charge in [-0.25, -0.2) is 0 Å². The lowest BCUT2D eigenvalue weighted by atomic mass is 10.0. The van der Waals surface area contributed by atoms with E-state index < -0.39 is 0 Å². The third-order valence-electron chi connectivity index (χ3n) is 3.68. The van der Waals surface area contributed by atoms with Crippen molar-refractivity contribution in [3.63, 3.8) is 0 Å². The van der Waals surface area contributed by atoms with Crippen molar-refractivity contribution in [3.05, 3.63) is 65.9 Å². The van der Waals surface area contributed by atoms with E-state index in [-0.39, 0.29) is 11.8 Å². The summed E-state index contributed by atoms with van der Waals surface area (Å²) in [5, 5.41) is 19.8. The zero-order valence-corrected chi connectivity index (χ0v) is 12.5. The van der Waals surface area contributed by atoms with Crippen LogP contribution in [0, 0.1) is 0 Å². The summed E-state index contributed by atoms with van der Waals surface area (Å²) in [4.78, 5) is 0. The standard InChI is InChI=1S/C17H19N5O/c18-15-16(21-22-17(15)19)14(10-11-4-2-1-3-5-11)20-12-6-8-13(23)9-7-12/h1-9,14,20,23H,10,18H2,(H3,19,21,22). The summed E-state index contributed by atoms with van der Waals surface area (Å²) in [7, 11) is 0. The Bertz CT molecular complexity index is 767. The molecule has 1 unspecified atom stereocenters. The minimum absolute atomic E-state index is 0.143. The van der Waals surface area contributed by atoms with Crippen LogP contribution in [0.3, 0.4) is 0 Å². The van der Waals surface area contributed by atoms with Gasteiger partial charge in [0.05, 0.1) is 11.7 Å². The van der Waals surface area contributed by atoms with E-state index in [1.807, 2.05) is 18.2 Å². The molecule has 3 rings (SSSR count). The van der Waals surface area contributed by atoms with Crippen LogP contribution in [0.25, 0.3) is 0 Å². The third kappa shape index (κ3) is 3.37. The number of rotatable bonds is 5. The van der Waals surface area contributed by atoms with Gasteiger partial charge in [-0.3, -0.25) is 5.10 Å². The highest BCUT2D eigenvalue weighted by molar-refractivity contribution is 5.63. The maximum atomic E-state index is 9.41. The molecule has 0 bridgehead atoms. The van der Waals surface area contributed by atoms with Gasteiger partial charge < -0.3 is 21.9 Å². The van der Waals surface area contributed by atoms with Gasteiger partial charge in [-0.1, -0.05) is 30.3 Å². The molecule has 0 aliphatic carbocycles. The molecule has 0 aliphatic rings. The summed E-state index contributed by atoms with van der Waals surface area (Å²) >= 11 is 0. The quantitative estimate of drug-likeness (QED) is 0.465. The number of anilines is 3. The average molecular weight is 309 g/mol. The van der Waals surface area contributed by atoms with E-state index in [9.17, 15) is 5.11 Å². The smallest absolute Gasteiger partial charge is 0.142 e. The lowest BCUT2D eigenvalue weighted by Gasteiger charge is -2.19. The lowest BCUT2D eigenvalue weighted by Crippen LogP contribution is -2.16. The van der Waals surface area contributed by atoms with Gasteiger partial charge in [-0.05, 0) is 36.2 Å². The summed E-state index contributed by atoms with van der Waals surface area (Å²) in [5.74, 6) is 0.587. The van der Waals surface area contributed by atoms with E-state index in [1.54, 1.807) is 24.3 Å². The molecule has 2 aromatic carbocycles. The summed E-state index contributed by atoms with van der Waals surface area (Å²) in [6.07, 6.45) is 0.705. The Hall–Kier alpha value is -3.15. The number of nitrogens with two attached hydrogens (primary N) is 2. The van der Waals surface area contributed by atoms with Crippen molar-refractivity contribution in [2.45, 2.75) is 12.5 Å². The topological polar surface area (TPSA) is 113 Å². The SMILES string of the molecule is Nc1[nH]nc(C(Cc2ccccc2)Nc2ccc(O)cc2)c1N. The molecule has 0 aliphatic heterocycles. The molecule has 0 saturated heterocycles. The Kier molecular flexibility index (Phi) is 4.05. The number of aromatic amines is 1. The number of hydrogen-bond donors (Lipinski definition) is 5. The molecule has 3 aromatic rings. The van der Waals surface area contributed by atoms with Gasteiger partial charge in [0.2, 0.25) is 0 Å². The van der Waals surface area contributed by atoms with E-state index >= 15 is 0 Å². The van der Waals surface area contributed by atoms with Crippen LogP contribution in [0.4, 0.5) is 17.2 Å². The van der Waals surface area contributed by atoms with Crippen molar-refractivity contribution in [3.8, 4) is 5.75 Å². The fourth-order valence-electron chi connectivity index (χ4n) is 2.47. The Labute approximate surface area is 134 Å². The van der Waals surface area contributed by atoms with Gasteiger partial charge >= 0.3 is 0 Å². The van der Waals surface area contributed by atoms with Crippen molar-refractivity contribution < 1.29 is 5.11 Å². The van der Waals surface area contributed by atoms with Crippen molar-refractivity contribution in [1.29, 1.82) is 0 Å². The van der Waals surface area contributed by atoms with Crippen molar-refractivity contribution >= 4 is 17.2 Å². The highest BCUT2D eigenvalue weighted by Crippen LogP contribution is 2.29. The van der Waals surface area contributed by atoms with E-state index in [1.165, 1.54) is 0 Å². The van der Waals surface area contributed by atoms with Crippen LogP contribution < -0.4 is 16.8 Å². The number of benzene rings is 2. The monoisotopic (exact) mass is 309 g/mol. The number of phenols is 1. The first-order chi connectivity index (χ1) is 11.1. The number of hydrogen-bond acceptors (Lipinski definition) is 5. The Morgan fingerprint density at radius 3 is 2.35 bits per heavy atom. The van der Waals surface area contributed by atoms with E-state index in [0.717, 1.165) is 11.3 Å². The number of nitrogens with zero attached hydrogens (tertiary/aromatic N) is 1. The molecule has 6 heteroatoms. The molecule has 1 aromatic heterocycles. The Morgan fingerprint density at radius 1 is 1.04 bits per heavy atom. The minimum atomic E-state index is -0.143. The molecule has 118 valence electrons. The summed E-state index contributed by atoms with van der Waals surface area (Å²) in [6, 6.07) is 16.8. The molecule has 7 N–H and O–H groups in total. The molecule has 1 heterocycles. The molecule has 0 fully saturated rings. The number of phenolic OH excluding ortho intramolecular Hbond substituents is 1. The van der Waals surface area contributed by atoms with E-state index in [2.05, 4.69) is 27.6 Å². The molecule has 1 atom stereocenters. The fraction of sp³-hybridized carbons (Fsp3) is 0.118. The second-order valence-electron chi connectivity index (χ2n) is 5.37. The normalized spacial score (nSPS) is 12.0. The first-order valence-electron chi connectivity index (χ1n) is 7.32. The third-order valence-corrected chi connectivity index (χ3v) is 3.68. The molecule has 0 spiro atoms. The molecule has 0 radical (unpaired) electrons. The summed E-state index contributed by atoms with van der Waals surface area (Å²) < 4.78 is 0. The van der Waals surface area contributed by atoms with E-state index in [0.29, 0.717) is 23.6 Å². The second kappa shape index (κ2) is 6.31. The van der Waals surface area contributed by atoms with Crippen LogP contribution in [-0.4, -0.2) is 15.3 Å².